The van der Waals surface area contributed by atoms with Gasteiger partial charge in [0, 0.05) is 19.2 Å². The maximum absolute atomic E-state index is 5.66. The van der Waals surface area contributed by atoms with Gasteiger partial charge in [0.05, 0.1) is 12.4 Å². The molecule has 0 saturated carbocycles. The summed E-state index contributed by atoms with van der Waals surface area (Å²) in [5.41, 5.74) is 0. The smallest absolute Gasteiger partial charge is 0.224 e. The van der Waals surface area contributed by atoms with Crippen LogP contribution in [0, 0.1) is 6.92 Å². The van der Waals surface area contributed by atoms with Crippen LogP contribution in [0.1, 0.15) is 25.7 Å². The van der Waals surface area contributed by atoms with Crippen molar-refractivity contribution in [2.75, 3.05) is 12.4 Å². The molecule has 0 aliphatic carbocycles. The predicted molar refractivity (Wildman–Crippen MR) is 69.0 cm³/mol. The van der Waals surface area contributed by atoms with Crippen molar-refractivity contribution < 1.29 is 4.74 Å². The first-order chi connectivity index (χ1) is 8.58. The Morgan fingerprint density at radius 2 is 2.11 bits per heavy atom. The van der Waals surface area contributed by atoms with Gasteiger partial charge in [-0.1, -0.05) is 0 Å². The summed E-state index contributed by atoms with van der Waals surface area (Å²) in [5.74, 6) is 2.57. The van der Waals surface area contributed by atoms with Crippen LogP contribution in [0.25, 0.3) is 0 Å². The summed E-state index contributed by atoms with van der Waals surface area (Å²) in [4.78, 5) is 8.43. The van der Waals surface area contributed by atoms with Gasteiger partial charge in [-0.2, -0.15) is 10.1 Å². The first-order valence-electron chi connectivity index (χ1n) is 5.84. The lowest BCUT2D eigenvalue weighted by Gasteiger charge is -2.06. The Morgan fingerprint density at radius 3 is 2.72 bits per heavy atom. The van der Waals surface area contributed by atoms with Crippen molar-refractivity contribution in [1.29, 1.82) is 0 Å². The molecule has 0 bridgehead atoms. The molecule has 2 heterocycles. The fraction of sp³-hybridized carbons (Fsp3) is 0.417. The molecular weight excluding hydrogens is 230 g/mol. The monoisotopic (exact) mass is 247 g/mol. The summed E-state index contributed by atoms with van der Waals surface area (Å²) in [6.45, 7) is 5.95. The number of hydrogen-bond acceptors (Lipinski definition) is 5. The van der Waals surface area contributed by atoms with E-state index in [0.29, 0.717) is 23.5 Å². The van der Waals surface area contributed by atoms with Crippen molar-refractivity contribution in [3.8, 4) is 11.6 Å². The molecule has 0 amide bonds. The highest BCUT2D eigenvalue weighted by Crippen LogP contribution is 2.21. The first kappa shape index (κ1) is 12.3. The second-order valence-corrected chi connectivity index (χ2v) is 4.24. The van der Waals surface area contributed by atoms with Crippen molar-refractivity contribution in [3.63, 3.8) is 0 Å². The van der Waals surface area contributed by atoms with Gasteiger partial charge >= 0.3 is 0 Å². The number of aryl methyl sites for hydroxylation is 1. The van der Waals surface area contributed by atoms with Crippen LogP contribution in [0.2, 0.25) is 0 Å². The average Bonchev–Trinajstić information content (AvgIpc) is 2.76. The Kier molecular flexibility index (Phi) is 3.45. The average molecular weight is 247 g/mol. The summed E-state index contributed by atoms with van der Waals surface area (Å²) in [7, 11) is 1.81. The zero-order valence-electron chi connectivity index (χ0n) is 11.0. The molecule has 0 fully saturated rings. The topological polar surface area (TPSA) is 64.9 Å². The highest BCUT2D eigenvalue weighted by atomic mass is 16.5. The first-order valence-corrected chi connectivity index (χ1v) is 5.84. The zero-order chi connectivity index (χ0) is 13.1. The number of nitrogens with one attached hydrogen (secondary N) is 1. The van der Waals surface area contributed by atoms with Crippen molar-refractivity contribution in [1.82, 2.24) is 19.7 Å². The molecule has 2 aromatic heterocycles. The molecule has 2 rings (SSSR count). The van der Waals surface area contributed by atoms with Gasteiger partial charge in [-0.05, 0) is 20.8 Å². The molecule has 0 saturated heterocycles. The molecule has 0 unspecified atom stereocenters. The molecule has 18 heavy (non-hydrogen) atoms. The standard InChI is InChI=1S/C12H17N5O/c1-8(2)17-7-10(6-14-17)18-12-5-11(13-4)15-9(3)16-12/h5-8H,1-4H3,(H,13,15,16). The molecule has 1 N–H and O–H groups in total. The van der Waals surface area contributed by atoms with E-state index in [1.807, 2.05) is 24.9 Å². The Labute approximate surface area is 106 Å². The van der Waals surface area contributed by atoms with Crippen LogP contribution in [-0.2, 0) is 0 Å². The van der Waals surface area contributed by atoms with E-state index in [4.69, 9.17) is 4.74 Å². The molecule has 0 aliphatic heterocycles. The lowest BCUT2D eigenvalue weighted by Crippen LogP contribution is -2.00. The Hall–Kier alpha value is -2.11. The SMILES string of the molecule is CNc1cc(Oc2cnn(C(C)C)c2)nc(C)n1. The Bertz CT molecular complexity index is 535. The lowest BCUT2D eigenvalue weighted by atomic mass is 10.4. The van der Waals surface area contributed by atoms with E-state index in [1.165, 1.54) is 0 Å². The van der Waals surface area contributed by atoms with Gasteiger partial charge in [-0.3, -0.25) is 4.68 Å². The van der Waals surface area contributed by atoms with Crippen LogP contribution in [-0.4, -0.2) is 26.8 Å². The summed E-state index contributed by atoms with van der Waals surface area (Å²) < 4.78 is 7.49. The summed E-state index contributed by atoms with van der Waals surface area (Å²) >= 11 is 0. The minimum Gasteiger partial charge on any atom is -0.436 e. The Balaban J connectivity index is 2.19. The van der Waals surface area contributed by atoms with E-state index >= 15 is 0 Å². The van der Waals surface area contributed by atoms with Crippen molar-refractivity contribution >= 4 is 5.82 Å². The highest BCUT2D eigenvalue weighted by molar-refractivity contribution is 5.38. The molecule has 2 aromatic rings. The zero-order valence-corrected chi connectivity index (χ0v) is 11.0. The lowest BCUT2D eigenvalue weighted by molar-refractivity contribution is 0.456. The Morgan fingerprint density at radius 1 is 1.33 bits per heavy atom. The number of hydrogen-bond donors (Lipinski definition) is 1. The van der Waals surface area contributed by atoms with Crippen LogP contribution in [0.3, 0.4) is 0 Å². The van der Waals surface area contributed by atoms with Gasteiger partial charge in [-0.25, -0.2) is 4.98 Å². The minimum atomic E-state index is 0.308. The fourth-order valence-electron chi connectivity index (χ4n) is 1.50. The molecule has 0 spiro atoms. The van der Waals surface area contributed by atoms with Gasteiger partial charge in [0.25, 0.3) is 0 Å². The van der Waals surface area contributed by atoms with Crippen LogP contribution in [0.5, 0.6) is 11.6 Å². The number of rotatable bonds is 4. The third-order valence-corrected chi connectivity index (χ3v) is 2.40. The van der Waals surface area contributed by atoms with E-state index in [2.05, 4.69) is 34.2 Å². The van der Waals surface area contributed by atoms with Crippen LogP contribution >= 0.6 is 0 Å². The van der Waals surface area contributed by atoms with Crippen molar-refractivity contribution in [2.45, 2.75) is 26.8 Å². The summed E-state index contributed by atoms with van der Waals surface area (Å²) in [6, 6.07) is 2.06. The summed E-state index contributed by atoms with van der Waals surface area (Å²) in [5, 5.41) is 7.17. The maximum Gasteiger partial charge on any atom is 0.224 e. The molecule has 0 aromatic carbocycles. The number of aromatic nitrogens is 4. The predicted octanol–water partition coefficient (Wildman–Crippen LogP) is 2.40. The van der Waals surface area contributed by atoms with Crippen molar-refractivity contribution in [2.24, 2.45) is 0 Å². The van der Waals surface area contributed by atoms with E-state index < -0.39 is 0 Å². The molecule has 6 heteroatoms. The molecule has 0 aliphatic rings. The normalized spacial score (nSPS) is 10.7. The molecular formula is C12H17N5O. The molecule has 96 valence electrons. The van der Waals surface area contributed by atoms with Gasteiger partial charge < -0.3 is 10.1 Å². The fourth-order valence-corrected chi connectivity index (χ4v) is 1.50. The van der Waals surface area contributed by atoms with E-state index in [9.17, 15) is 0 Å². The third kappa shape index (κ3) is 2.77. The molecule has 0 radical (unpaired) electrons. The van der Waals surface area contributed by atoms with Gasteiger partial charge in [0.15, 0.2) is 5.75 Å². The number of ether oxygens (including phenoxy) is 1. The number of anilines is 1. The van der Waals surface area contributed by atoms with Crippen molar-refractivity contribution in [3.05, 3.63) is 24.3 Å². The van der Waals surface area contributed by atoms with E-state index in [0.717, 1.165) is 5.82 Å². The molecule has 6 nitrogen and oxygen atoms in total. The minimum absolute atomic E-state index is 0.308. The van der Waals surface area contributed by atoms with Crippen LogP contribution in [0.4, 0.5) is 5.82 Å². The highest BCUT2D eigenvalue weighted by Gasteiger charge is 2.06. The second kappa shape index (κ2) is 5.03. The second-order valence-electron chi connectivity index (χ2n) is 4.24. The van der Waals surface area contributed by atoms with Crippen LogP contribution in [0.15, 0.2) is 18.5 Å². The third-order valence-electron chi connectivity index (χ3n) is 2.40. The maximum atomic E-state index is 5.66. The van der Waals surface area contributed by atoms with E-state index in [1.54, 1.807) is 12.3 Å². The van der Waals surface area contributed by atoms with Gasteiger partial charge in [0.2, 0.25) is 5.88 Å². The van der Waals surface area contributed by atoms with Crippen LogP contribution < -0.4 is 10.1 Å². The largest absolute Gasteiger partial charge is 0.436 e. The van der Waals surface area contributed by atoms with Gasteiger partial charge in [0.1, 0.15) is 11.6 Å². The number of nitrogens with zero attached hydrogens (tertiary/aromatic N) is 4. The molecule has 0 atom stereocenters. The quantitative estimate of drug-likeness (QED) is 0.898. The van der Waals surface area contributed by atoms with E-state index in [-0.39, 0.29) is 0 Å². The van der Waals surface area contributed by atoms with Gasteiger partial charge in [-0.15, -0.1) is 0 Å². The summed E-state index contributed by atoms with van der Waals surface area (Å²) in [6.07, 6.45) is 3.53.